The second-order valence-electron chi connectivity index (χ2n) is 2.91. The van der Waals surface area contributed by atoms with Gasteiger partial charge in [0.1, 0.15) is 5.82 Å². The molecular formula is C10H9FN2S. The third-order valence-corrected chi connectivity index (χ3v) is 2.41. The first-order valence-electron chi connectivity index (χ1n) is 4.09. The van der Waals surface area contributed by atoms with Crippen molar-refractivity contribution >= 4 is 28.4 Å². The van der Waals surface area contributed by atoms with Crippen molar-refractivity contribution in [2.45, 2.75) is 0 Å². The molecule has 2 rings (SSSR count). The van der Waals surface area contributed by atoms with Crippen LogP contribution in [0.1, 0.15) is 0 Å². The summed E-state index contributed by atoms with van der Waals surface area (Å²) in [7, 11) is 0. The van der Waals surface area contributed by atoms with Crippen LogP contribution in [0.4, 0.5) is 21.5 Å². The van der Waals surface area contributed by atoms with Crippen LogP contribution in [0.25, 0.3) is 0 Å². The first-order chi connectivity index (χ1) is 6.74. The lowest BCUT2D eigenvalue weighted by Gasteiger charge is -2.04. The normalized spacial score (nSPS) is 10.1. The van der Waals surface area contributed by atoms with Crippen molar-refractivity contribution in [3.8, 4) is 0 Å². The Balaban J connectivity index is 2.25. The zero-order valence-corrected chi connectivity index (χ0v) is 8.14. The molecule has 0 amide bonds. The van der Waals surface area contributed by atoms with Crippen LogP contribution >= 0.6 is 11.3 Å². The molecule has 3 N–H and O–H groups in total. The smallest absolute Gasteiger partial charge is 0.127 e. The van der Waals surface area contributed by atoms with E-state index in [2.05, 4.69) is 5.32 Å². The molecule has 1 aromatic carbocycles. The van der Waals surface area contributed by atoms with Crippen molar-refractivity contribution in [2.75, 3.05) is 11.1 Å². The van der Waals surface area contributed by atoms with Gasteiger partial charge in [0.2, 0.25) is 0 Å². The Hall–Kier alpha value is -1.55. The van der Waals surface area contributed by atoms with Crippen molar-refractivity contribution in [1.29, 1.82) is 0 Å². The molecule has 0 spiro atoms. The zero-order chi connectivity index (χ0) is 9.97. The molecule has 72 valence electrons. The lowest BCUT2D eigenvalue weighted by Crippen LogP contribution is -1.92. The highest BCUT2D eigenvalue weighted by molar-refractivity contribution is 7.08. The van der Waals surface area contributed by atoms with E-state index in [1.807, 2.05) is 16.8 Å². The maximum Gasteiger partial charge on any atom is 0.127 e. The number of nitrogens with two attached hydrogens (primary N) is 1. The predicted molar refractivity (Wildman–Crippen MR) is 58.4 cm³/mol. The van der Waals surface area contributed by atoms with Gasteiger partial charge in [-0.2, -0.15) is 11.3 Å². The van der Waals surface area contributed by atoms with E-state index in [0.29, 0.717) is 11.4 Å². The number of nitrogen functional groups attached to an aromatic ring is 1. The highest BCUT2D eigenvalue weighted by Gasteiger charge is 1.98. The van der Waals surface area contributed by atoms with E-state index >= 15 is 0 Å². The number of benzene rings is 1. The van der Waals surface area contributed by atoms with Crippen molar-refractivity contribution in [2.24, 2.45) is 0 Å². The molecule has 2 nitrogen and oxygen atoms in total. The SMILES string of the molecule is Nc1cc(F)cc(Nc2ccsc2)c1. The monoisotopic (exact) mass is 208 g/mol. The molecular weight excluding hydrogens is 199 g/mol. The molecule has 0 bridgehead atoms. The molecule has 2 aromatic rings. The summed E-state index contributed by atoms with van der Waals surface area (Å²) in [6.45, 7) is 0. The van der Waals surface area contributed by atoms with E-state index in [0.717, 1.165) is 5.69 Å². The van der Waals surface area contributed by atoms with Crippen molar-refractivity contribution in [1.82, 2.24) is 0 Å². The number of anilines is 3. The molecule has 0 aliphatic heterocycles. The van der Waals surface area contributed by atoms with E-state index in [9.17, 15) is 4.39 Å². The van der Waals surface area contributed by atoms with Crippen molar-refractivity contribution < 1.29 is 4.39 Å². The number of halogens is 1. The van der Waals surface area contributed by atoms with Gasteiger partial charge in [-0.25, -0.2) is 4.39 Å². The molecule has 0 saturated carbocycles. The van der Waals surface area contributed by atoms with Crippen LogP contribution in [0.15, 0.2) is 35.0 Å². The standard InChI is InChI=1S/C10H9FN2S/c11-7-3-8(12)5-10(4-7)13-9-1-2-14-6-9/h1-6,13H,12H2. The van der Waals surface area contributed by atoms with E-state index in [4.69, 9.17) is 5.73 Å². The van der Waals surface area contributed by atoms with Crippen LogP contribution in [0.3, 0.4) is 0 Å². The van der Waals surface area contributed by atoms with Crippen LogP contribution < -0.4 is 11.1 Å². The van der Waals surface area contributed by atoms with Gasteiger partial charge in [0.05, 0.1) is 0 Å². The maximum atomic E-state index is 12.9. The Bertz CT molecular complexity index is 405. The van der Waals surface area contributed by atoms with Gasteiger partial charge in [0.15, 0.2) is 0 Å². The van der Waals surface area contributed by atoms with Crippen LogP contribution in [0.5, 0.6) is 0 Å². The Kier molecular flexibility index (Phi) is 2.37. The molecule has 0 atom stereocenters. The highest BCUT2D eigenvalue weighted by Crippen LogP contribution is 2.21. The summed E-state index contributed by atoms with van der Waals surface area (Å²) in [6, 6.07) is 6.32. The quantitative estimate of drug-likeness (QED) is 0.744. The van der Waals surface area contributed by atoms with E-state index in [-0.39, 0.29) is 5.82 Å². The molecule has 0 unspecified atom stereocenters. The molecule has 14 heavy (non-hydrogen) atoms. The zero-order valence-electron chi connectivity index (χ0n) is 7.33. The summed E-state index contributed by atoms with van der Waals surface area (Å²) in [6.07, 6.45) is 0. The minimum atomic E-state index is -0.331. The molecule has 4 heteroatoms. The third kappa shape index (κ3) is 2.03. The van der Waals surface area contributed by atoms with Crippen LogP contribution in [0, 0.1) is 5.82 Å². The van der Waals surface area contributed by atoms with Gasteiger partial charge in [0, 0.05) is 22.4 Å². The van der Waals surface area contributed by atoms with Crippen LogP contribution in [-0.2, 0) is 0 Å². The largest absolute Gasteiger partial charge is 0.399 e. The molecule has 0 saturated heterocycles. The first kappa shape index (κ1) is 9.02. The fourth-order valence-electron chi connectivity index (χ4n) is 1.19. The van der Waals surface area contributed by atoms with Gasteiger partial charge < -0.3 is 11.1 Å². The lowest BCUT2D eigenvalue weighted by molar-refractivity contribution is 0.629. The van der Waals surface area contributed by atoms with Crippen LogP contribution in [-0.4, -0.2) is 0 Å². The average molecular weight is 208 g/mol. The van der Waals surface area contributed by atoms with Crippen molar-refractivity contribution in [3.63, 3.8) is 0 Å². The number of rotatable bonds is 2. The summed E-state index contributed by atoms with van der Waals surface area (Å²) < 4.78 is 12.9. The number of thiophene rings is 1. The fourth-order valence-corrected chi connectivity index (χ4v) is 1.77. The Labute approximate surface area is 85.2 Å². The Morgan fingerprint density at radius 2 is 2.07 bits per heavy atom. The van der Waals surface area contributed by atoms with Gasteiger partial charge in [-0.3, -0.25) is 0 Å². The van der Waals surface area contributed by atoms with Gasteiger partial charge in [-0.1, -0.05) is 0 Å². The Morgan fingerprint density at radius 1 is 1.21 bits per heavy atom. The van der Waals surface area contributed by atoms with Crippen LogP contribution in [0.2, 0.25) is 0 Å². The third-order valence-electron chi connectivity index (χ3n) is 1.73. The topological polar surface area (TPSA) is 38.0 Å². The minimum absolute atomic E-state index is 0.331. The second-order valence-corrected chi connectivity index (χ2v) is 3.69. The fraction of sp³-hybridized carbons (Fsp3) is 0. The summed E-state index contributed by atoms with van der Waals surface area (Å²) in [4.78, 5) is 0. The Morgan fingerprint density at radius 3 is 2.71 bits per heavy atom. The van der Waals surface area contributed by atoms with Gasteiger partial charge >= 0.3 is 0 Å². The molecule has 0 radical (unpaired) electrons. The first-order valence-corrected chi connectivity index (χ1v) is 5.03. The summed E-state index contributed by atoms with van der Waals surface area (Å²) in [5.74, 6) is -0.331. The number of nitrogens with one attached hydrogen (secondary N) is 1. The lowest BCUT2D eigenvalue weighted by atomic mass is 10.2. The average Bonchev–Trinajstić information content (AvgIpc) is 2.54. The summed E-state index contributed by atoms with van der Waals surface area (Å²) in [5, 5.41) is 6.95. The van der Waals surface area contributed by atoms with E-state index in [1.54, 1.807) is 17.4 Å². The number of hydrogen-bond donors (Lipinski definition) is 2. The van der Waals surface area contributed by atoms with Crippen molar-refractivity contribution in [3.05, 3.63) is 40.8 Å². The minimum Gasteiger partial charge on any atom is -0.399 e. The predicted octanol–water partition coefficient (Wildman–Crippen LogP) is 3.21. The molecule has 1 aromatic heterocycles. The number of hydrogen-bond acceptors (Lipinski definition) is 3. The summed E-state index contributed by atoms with van der Waals surface area (Å²) >= 11 is 1.58. The molecule has 0 aliphatic rings. The highest BCUT2D eigenvalue weighted by atomic mass is 32.1. The second kappa shape index (κ2) is 3.67. The van der Waals surface area contributed by atoms with Gasteiger partial charge in [0.25, 0.3) is 0 Å². The van der Waals surface area contributed by atoms with E-state index < -0.39 is 0 Å². The molecule has 1 heterocycles. The molecule has 0 aliphatic carbocycles. The molecule has 0 fully saturated rings. The summed E-state index contributed by atoms with van der Waals surface area (Å²) in [5.41, 5.74) is 7.54. The maximum absolute atomic E-state index is 12.9. The van der Waals surface area contributed by atoms with Gasteiger partial charge in [-0.15, -0.1) is 0 Å². The van der Waals surface area contributed by atoms with E-state index in [1.165, 1.54) is 12.1 Å². The van der Waals surface area contributed by atoms with Gasteiger partial charge in [-0.05, 0) is 29.6 Å².